The molecule has 0 aromatic rings. The number of amides is 3. The molecule has 1 atom stereocenters. The van der Waals surface area contributed by atoms with Crippen LogP contribution in [0, 0.1) is 11.3 Å². The third kappa shape index (κ3) is 10.8. The van der Waals surface area contributed by atoms with E-state index in [1.807, 2.05) is 6.92 Å². The minimum atomic E-state index is -0.959. The number of carbonyl (C=O) groups is 3. The van der Waals surface area contributed by atoms with Crippen molar-refractivity contribution in [3.63, 3.8) is 0 Å². The first kappa shape index (κ1) is 19.4. The maximum absolute atomic E-state index is 11.7. The number of hydrogen-bond donors (Lipinski definition) is 3. The van der Waals surface area contributed by atoms with Gasteiger partial charge in [-0.25, -0.2) is 4.79 Å². The number of carbonyl (C=O) groups excluding carboxylic acids is 2. The third-order valence-corrected chi connectivity index (χ3v) is 3.08. The van der Waals surface area contributed by atoms with Gasteiger partial charge in [-0.3, -0.25) is 14.9 Å². The Labute approximate surface area is 126 Å². The van der Waals surface area contributed by atoms with Gasteiger partial charge in [-0.2, -0.15) is 0 Å². The van der Waals surface area contributed by atoms with E-state index in [9.17, 15) is 14.4 Å². The molecule has 6 nitrogen and oxygen atoms in total. The molecule has 1 unspecified atom stereocenters. The van der Waals surface area contributed by atoms with Gasteiger partial charge in [0.05, 0.1) is 6.42 Å². The molecule has 0 radical (unpaired) electrons. The van der Waals surface area contributed by atoms with Crippen LogP contribution in [0.2, 0.25) is 0 Å². The number of carboxylic acid groups (broad SMARTS) is 1. The SMILES string of the molecule is CC(C)CCC(C)NC(=O)NC(=O)CC(C)(C)CC(=O)O. The van der Waals surface area contributed by atoms with Crippen molar-refractivity contribution in [1.82, 2.24) is 10.6 Å². The lowest BCUT2D eigenvalue weighted by Gasteiger charge is -2.21. The zero-order chi connectivity index (χ0) is 16.6. The van der Waals surface area contributed by atoms with E-state index < -0.39 is 23.3 Å². The first-order valence-electron chi connectivity index (χ1n) is 7.34. The highest BCUT2D eigenvalue weighted by Gasteiger charge is 2.26. The Balaban J connectivity index is 4.15. The lowest BCUT2D eigenvalue weighted by Crippen LogP contribution is -2.44. The third-order valence-electron chi connectivity index (χ3n) is 3.08. The van der Waals surface area contributed by atoms with Gasteiger partial charge >= 0.3 is 12.0 Å². The Bertz CT molecular complexity index is 378. The van der Waals surface area contributed by atoms with Gasteiger partial charge in [-0.1, -0.05) is 27.7 Å². The lowest BCUT2D eigenvalue weighted by atomic mass is 9.85. The molecule has 21 heavy (non-hydrogen) atoms. The van der Waals surface area contributed by atoms with E-state index in [1.54, 1.807) is 13.8 Å². The lowest BCUT2D eigenvalue weighted by molar-refractivity contribution is -0.139. The summed E-state index contributed by atoms with van der Waals surface area (Å²) in [7, 11) is 0. The van der Waals surface area contributed by atoms with Crippen LogP contribution in [0.1, 0.15) is 60.3 Å². The van der Waals surface area contributed by atoms with E-state index in [1.165, 1.54) is 0 Å². The van der Waals surface area contributed by atoms with Crippen LogP contribution in [0.4, 0.5) is 4.79 Å². The summed E-state index contributed by atoms with van der Waals surface area (Å²) in [6, 6.07) is -0.533. The zero-order valence-corrected chi connectivity index (χ0v) is 13.7. The molecule has 0 aromatic heterocycles. The highest BCUT2D eigenvalue weighted by Crippen LogP contribution is 2.24. The van der Waals surface area contributed by atoms with Crippen LogP contribution in [0.5, 0.6) is 0 Å². The van der Waals surface area contributed by atoms with Crippen LogP contribution in [-0.4, -0.2) is 29.1 Å². The normalized spacial score (nSPS) is 12.9. The number of urea groups is 1. The molecule has 6 heteroatoms. The number of rotatable bonds is 8. The molecule has 0 rings (SSSR count). The summed E-state index contributed by atoms with van der Waals surface area (Å²) in [4.78, 5) is 34.1. The van der Waals surface area contributed by atoms with E-state index in [0.29, 0.717) is 5.92 Å². The standard InChI is InChI=1S/C15H28N2O4/c1-10(2)6-7-11(3)16-14(21)17-12(18)8-15(4,5)9-13(19)20/h10-11H,6-9H2,1-5H3,(H,19,20)(H2,16,17,18,21). The van der Waals surface area contributed by atoms with Crippen LogP contribution in [0.15, 0.2) is 0 Å². The van der Waals surface area contributed by atoms with Crippen LogP contribution in [0.3, 0.4) is 0 Å². The topological polar surface area (TPSA) is 95.5 Å². The Morgan fingerprint density at radius 3 is 2.10 bits per heavy atom. The first-order valence-corrected chi connectivity index (χ1v) is 7.34. The quantitative estimate of drug-likeness (QED) is 0.642. The Morgan fingerprint density at radius 2 is 1.62 bits per heavy atom. The molecule has 0 aliphatic heterocycles. The summed E-state index contributed by atoms with van der Waals surface area (Å²) in [6.45, 7) is 9.48. The molecule has 0 aliphatic rings. The van der Waals surface area contributed by atoms with E-state index in [4.69, 9.17) is 5.11 Å². The van der Waals surface area contributed by atoms with Crippen LogP contribution >= 0.6 is 0 Å². The highest BCUT2D eigenvalue weighted by molar-refractivity contribution is 5.94. The van der Waals surface area contributed by atoms with Gasteiger partial charge in [-0.15, -0.1) is 0 Å². The first-order chi connectivity index (χ1) is 9.51. The Kier molecular flexibility index (Phi) is 7.99. The molecule has 0 bridgehead atoms. The molecule has 0 aromatic carbocycles. The van der Waals surface area contributed by atoms with Crippen LogP contribution in [-0.2, 0) is 9.59 Å². The minimum Gasteiger partial charge on any atom is -0.481 e. The molecule has 122 valence electrons. The number of nitrogens with one attached hydrogen (secondary N) is 2. The maximum atomic E-state index is 11.7. The number of carboxylic acids is 1. The maximum Gasteiger partial charge on any atom is 0.321 e. The second-order valence-corrected chi connectivity index (χ2v) is 6.81. The van der Waals surface area contributed by atoms with Gasteiger partial charge in [0.1, 0.15) is 0 Å². The van der Waals surface area contributed by atoms with Gasteiger partial charge in [0.25, 0.3) is 0 Å². The zero-order valence-electron chi connectivity index (χ0n) is 13.7. The number of imide groups is 1. The molecule has 0 saturated carbocycles. The van der Waals surface area contributed by atoms with Crippen molar-refractivity contribution in [3.05, 3.63) is 0 Å². The summed E-state index contributed by atoms with van der Waals surface area (Å²) < 4.78 is 0. The van der Waals surface area contributed by atoms with Crippen molar-refractivity contribution in [3.8, 4) is 0 Å². The predicted octanol–water partition coefficient (Wildman–Crippen LogP) is 2.53. The van der Waals surface area contributed by atoms with Crippen LogP contribution < -0.4 is 10.6 Å². The molecular weight excluding hydrogens is 272 g/mol. The average molecular weight is 300 g/mol. The average Bonchev–Trinajstić information content (AvgIpc) is 2.22. The molecular formula is C15H28N2O4. The fraction of sp³-hybridized carbons (Fsp3) is 0.800. The summed E-state index contributed by atoms with van der Waals surface area (Å²) in [5.74, 6) is -0.856. The Morgan fingerprint density at radius 1 is 1.05 bits per heavy atom. The van der Waals surface area contributed by atoms with Gasteiger partial charge in [-0.05, 0) is 31.1 Å². The minimum absolute atomic E-state index is 0.00685. The summed E-state index contributed by atoms with van der Waals surface area (Å²) in [6.07, 6.45) is 1.73. The highest BCUT2D eigenvalue weighted by atomic mass is 16.4. The van der Waals surface area contributed by atoms with E-state index in [0.717, 1.165) is 12.8 Å². The molecule has 0 heterocycles. The monoisotopic (exact) mass is 300 g/mol. The fourth-order valence-electron chi connectivity index (χ4n) is 1.99. The Hall–Kier alpha value is -1.59. The summed E-state index contributed by atoms with van der Waals surface area (Å²) in [5.41, 5.74) is -0.681. The van der Waals surface area contributed by atoms with Crippen LogP contribution in [0.25, 0.3) is 0 Å². The molecule has 0 spiro atoms. The molecule has 3 amide bonds. The second-order valence-electron chi connectivity index (χ2n) is 6.81. The molecule has 3 N–H and O–H groups in total. The van der Waals surface area contributed by atoms with Crippen molar-refractivity contribution in [2.75, 3.05) is 0 Å². The van der Waals surface area contributed by atoms with Gasteiger partial charge in [0, 0.05) is 12.5 Å². The largest absolute Gasteiger partial charge is 0.481 e. The summed E-state index contributed by atoms with van der Waals surface area (Å²) >= 11 is 0. The number of hydrogen-bond acceptors (Lipinski definition) is 3. The van der Waals surface area contributed by atoms with Gasteiger partial charge in [0.2, 0.25) is 5.91 Å². The molecule has 0 saturated heterocycles. The van der Waals surface area contributed by atoms with E-state index >= 15 is 0 Å². The van der Waals surface area contributed by atoms with E-state index in [-0.39, 0.29) is 18.9 Å². The smallest absolute Gasteiger partial charge is 0.321 e. The van der Waals surface area contributed by atoms with Crippen molar-refractivity contribution in [2.24, 2.45) is 11.3 Å². The summed E-state index contributed by atoms with van der Waals surface area (Å²) in [5, 5.41) is 13.7. The molecule has 0 aliphatic carbocycles. The van der Waals surface area contributed by atoms with Crippen molar-refractivity contribution >= 4 is 17.9 Å². The predicted molar refractivity (Wildman–Crippen MR) is 80.9 cm³/mol. The number of aliphatic carboxylic acids is 1. The van der Waals surface area contributed by atoms with Crippen molar-refractivity contribution in [1.29, 1.82) is 0 Å². The van der Waals surface area contributed by atoms with Gasteiger partial charge < -0.3 is 10.4 Å². The molecule has 0 fully saturated rings. The second kappa shape index (κ2) is 8.64. The van der Waals surface area contributed by atoms with Gasteiger partial charge in [0.15, 0.2) is 0 Å². The van der Waals surface area contributed by atoms with Crippen molar-refractivity contribution in [2.45, 2.75) is 66.3 Å². The van der Waals surface area contributed by atoms with Crippen molar-refractivity contribution < 1.29 is 19.5 Å². The van der Waals surface area contributed by atoms with E-state index in [2.05, 4.69) is 24.5 Å². The fourth-order valence-corrected chi connectivity index (χ4v) is 1.99.